The predicted octanol–water partition coefficient (Wildman–Crippen LogP) is 1.71. The van der Waals surface area contributed by atoms with Crippen molar-refractivity contribution in [2.45, 2.75) is 37.5 Å². The standard InChI is InChI=1S/C15H15F3N2O4/c16-15(17,18)7-11(14(23)24)20-13(22)9-3-1-8(2-4-9)12(21)19-10-5-6-10/h1-4,10-11H,5-7H2,(H,19,21)(H,20,22)(H,23,24). The minimum Gasteiger partial charge on any atom is -0.480 e. The summed E-state index contributed by atoms with van der Waals surface area (Å²) in [5.41, 5.74) is 0.273. The fourth-order valence-corrected chi connectivity index (χ4v) is 1.94. The van der Waals surface area contributed by atoms with E-state index < -0.39 is 30.5 Å². The predicted molar refractivity (Wildman–Crippen MR) is 76.5 cm³/mol. The number of nitrogens with one attached hydrogen (secondary N) is 2. The van der Waals surface area contributed by atoms with Crippen LogP contribution in [0.15, 0.2) is 24.3 Å². The summed E-state index contributed by atoms with van der Waals surface area (Å²) in [6.07, 6.45) is -4.55. The lowest BCUT2D eigenvalue weighted by Gasteiger charge is -2.16. The molecule has 1 aromatic rings. The third kappa shape index (κ3) is 5.25. The fourth-order valence-electron chi connectivity index (χ4n) is 1.94. The maximum Gasteiger partial charge on any atom is 0.391 e. The Morgan fingerprint density at radius 1 is 1.08 bits per heavy atom. The normalized spacial score (nSPS) is 15.5. The number of aliphatic carboxylic acids is 1. The van der Waals surface area contributed by atoms with E-state index in [-0.39, 0.29) is 17.5 Å². The molecule has 2 amide bonds. The van der Waals surface area contributed by atoms with Crippen molar-refractivity contribution in [3.05, 3.63) is 35.4 Å². The van der Waals surface area contributed by atoms with Crippen LogP contribution in [0.1, 0.15) is 40.0 Å². The zero-order valence-electron chi connectivity index (χ0n) is 12.4. The van der Waals surface area contributed by atoms with E-state index in [9.17, 15) is 27.6 Å². The van der Waals surface area contributed by atoms with Crippen molar-refractivity contribution in [3.63, 3.8) is 0 Å². The second-order valence-corrected chi connectivity index (χ2v) is 5.51. The van der Waals surface area contributed by atoms with Gasteiger partial charge in [-0.2, -0.15) is 13.2 Å². The molecule has 1 aromatic carbocycles. The molecule has 0 aliphatic heterocycles. The molecule has 0 spiro atoms. The number of hydrogen-bond donors (Lipinski definition) is 3. The van der Waals surface area contributed by atoms with Crippen LogP contribution in [0.5, 0.6) is 0 Å². The van der Waals surface area contributed by atoms with E-state index in [1.165, 1.54) is 24.3 Å². The number of halogens is 3. The van der Waals surface area contributed by atoms with Crippen molar-refractivity contribution in [2.75, 3.05) is 0 Å². The number of hydrogen-bond acceptors (Lipinski definition) is 3. The van der Waals surface area contributed by atoms with Crippen LogP contribution >= 0.6 is 0 Å². The smallest absolute Gasteiger partial charge is 0.391 e. The first-order valence-electron chi connectivity index (χ1n) is 7.17. The highest BCUT2D eigenvalue weighted by Gasteiger charge is 2.36. The lowest BCUT2D eigenvalue weighted by atomic mass is 10.1. The third-order valence-electron chi connectivity index (χ3n) is 3.36. The molecule has 0 radical (unpaired) electrons. The summed E-state index contributed by atoms with van der Waals surface area (Å²) < 4.78 is 36.9. The molecule has 1 atom stereocenters. The van der Waals surface area contributed by atoms with Gasteiger partial charge >= 0.3 is 12.1 Å². The van der Waals surface area contributed by atoms with Gasteiger partial charge in [0.15, 0.2) is 0 Å². The second kappa shape index (κ2) is 6.90. The molecular weight excluding hydrogens is 329 g/mol. The average Bonchev–Trinajstić information content (AvgIpc) is 3.29. The van der Waals surface area contributed by atoms with E-state index in [4.69, 9.17) is 5.11 Å². The molecule has 1 fully saturated rings. The van der Waals surface area contributed by atoms with Crippen molar-refractivity contribution in [2.24, 2.45) is 0 Å². The summed E-state index contributed by atoms with van der Waals surface area (Å²) in [6, 6.07) is 3.31. The minimum absolute atomic E-state index is 0.0357. The summed E-state index contributed by atoms with van der Waals surface area (Å²) in [5, 5.41) is 13.3. The number of carboxylic acid groups (broad SMARTS) is 1. The van der Waals surface area contributed by atoms with E-state index >= 15 is 0 Å². The molecule has 9 heteroatoms. The van der Waals surface area contributed by atoms with Gasteiger partial charge in [-0.1, -0.05) is 0 Å². The first kappa shape index (κ1) is 17.8. The van der Waals surface area contributed by atoms with Gasteiger partial charge in [-0.3, -0.25) is 9.59 Å². The highest BCUT2D eigenvalue weighted by molar-refractivity contribution is 5.99. The van der Waals surface area contributed by atoms with Crippen LogP contribution in [0.2, 0.25) is 0 Å². The first-order chi connectivity index (χ1) is 11.2. The van der Waals surface area contributed by atoms with Gasteiger partial charge in [0.25, 0.3) is 11.8 Å². The van der Waals surface area contributed by atoms with E-state index in [0.29, 0.717) is 5.56 Å². The van der Waals surface area contributed by atoms with Crippen LogP contribution in [0, 0.1) is 0 Å². The largest absolute Gasteiger partial charge is 0.480 e. The number of carbonyl (C=O) groups excluding carboxylic acids is 2. The Hall–Kier alpha value is -2.58. The quantitative estimate of drug-likeness (QED) is 0.732. The number of alkyl halides is 3. The summed E-state index contributed by atoms with van der Waals surface area (Å²) in [7, 11) is 0. The van der Waals surface area contributed by atoms with E-state index in [0.717, 1.165) is 12.8 Å². The number of amides is 2. The van der Waals surface area contributed by atoms with Crippen molar-refractivity contribution in [1.29, 1.82) is 0 Å². The van der Waals surface area contributed by atoms with Crippen LogP contribution in [-0.2, 0) is 4.79 Å². The topological polar surface area (TPSA) is 95.5 Å². The van der Waals surface area contributed by atoms with E-state index in [1.807, 2.05) is 5.32 Å². The number of benzene rings is 1. The van der Waals surface area contributed by atoms with E-state index in [2.05, 4.69) is 5.32 Å². The Kier molecular flexibility index (Phi) is 5.10. The summed E-state index contributed by atoms with van der Waals surface area (Å²) >= 11 is 0. The lowest BCUT2D eigenvalue weighted by molar-refractivity contribution is -0.157. The van der Waals surface area contributed by atoms with Crippen molar-refractivity contribution in [1.82, 2.24) is 10.6 Å². The maximum absolute atomic E-state index is 12.3. The number of carbonyl (C=O) groups is 3. The van der Waals surface area contributed by atoms with Crippen LogP contribution in [0.3, 0.4) is 0 Å². The van der Waals surface area contributed by atoms with Gasteiger partial charge in [-0.15, -0.1) is 0 Å². The van der Waals surface area contributed by atoms with Gasteiger partial charge in [-0.25, -0.2) is 4.79 Å². The van der Waals surface area contributed by atoms with Gasteiger partial charge in [0.2, 0.25) is 0 Å². The highest BCUT2D eigenvalue weighted by atomic mass is 19.4. The molecular formula is C15H15F3N2O4. The molecule has 1 saturated carbocycles. The molecule has 1 aliphatic carbocycles. The molecule has 0 aromatic heterocycles. The van der Waals surface area contributed by atoms with Crippen molar-refractivity contribution < 1.29 is 32.7 Å². The molecule has 130 valence electrons. The number of carboxylic acids is 1. The lowest BCUT2D eigenvalue weighted by Crippen LogP contribution is -2.43. The highest BCUT2D eigenvalue weighted by Crippen LogP contribution is 2.22. The van der Waals surface area contributed by atoms with Crippen LogP contribution in [-0.4, -0.2) is 41.2 Å². The first-order valence-corrected chi connectivity index (χ1v) is 7.17. The molecule has 2 rings (SSSR count). The van der Waals surface area contributed by atoms with Crippen molar-refractivity contribution in [3.8, 4) is 0 Å². The molecule has 1 unspecified atom stereocenters. The van der Waals surface area contributed by atoms with Gasteiger partial charge in [-0.05, 0) is 37.1 Å². The van der Waals surface area contributed by atoms with Crippen LogP contribution in [0.25, 0.3) is 0 Å². The summed E-state index contributed by atoms with van der Waals surface area (Å²) in [6.45, 7) is 0. The molecule has 6 nitrogen and oxygen atoms in total. The molecule has 0 heterocycles. The van der Waals surface area contributed by atoms with Crippen molar-refractivity contribution >= 4 is 17.8 Å². The number of rotatable bonds is 6. The van der Waals surface area contributed by atoms with Gasteiger partial charge < -0.3 is 15.7 Å². The Morgan fingerprint density at radius 2 is 1.58 bits per heavy atom. The van der Waals surface area contributed by atoms with Crippen LogP contribution < -0.4 is 10.6 Å². The molecule has 3 N–H and O–H groups in total. The average molecular weight is 344 g/mol. The zero-order valence-corrected chi connectivity index (χ0v) is 12.4. The SMILES string of the molecule is O=C(NC1CC1)c1ccc(C(=O)NC(CC(F)(F)F)C(=O)O)cc1. The fraction of sp³-hybridized carbons (Fsp3) is 0.400. The van der Waals surface area contributed by atoms with Gasteiger partial charge in [0.05, 0.1) is 6.42 Å². The second-order valence-electron chi connectivity index (χ2n) is 5.51. The maximum atomic E-state index is 12.3. The Balaban J connectivity index is 2.00. The monoisotopic (exact) mass is 344 g/mol. The molecule has 24 heavy (non-hydrogen) atoms. The van der Waals surface area contributed by atoms with Gasteiger partial charge in [0, 0.05) is 17.2 Å². The van der Waals surface area contributed by atoms with E-state index in [1.54, 1.807) is 0 Å². The minimum atomic E-state index is -4.72. The third-order valence-corrected chi connectivity index (χ3v) is 3.36. The zero-order chi connectivity index (χ0) is 17.9. The van der Waals surface area contributed by atoms with Crippen LogP contribution in [0.4, 0.5) is 13.2 Å². The summed E-state index contributed by atoms with van der Waals surface area (Å²) in [5.74, 6) is -3.04. The Bertz CT molecular complexity index is 639. The molecule has 0 bridgehead atoms. The molecule has 0 saturated heterocycles. The molecule has 1 aliphatic rings. The Labute approximate surface area is 135 Å². The van der Waals surface area contributed by atoms with Gasteiger partial charge in [0.1, 0.15) is 6.04 Å². The summed E-state index contributed by atoms with van der Waals surface area (Å²) in [4.78, 5) is 34.5. The Morgan fingerprint density at radius 3 is 2.00 bits per heavy atom.